The van der Waals surface area contributed by atoms with Crippen LogP contribution in [0.25, 0.3) is 0 Å². The third-order valence-electron chi connectivity index (χ3n) is 3.46. The molecule has 0 aromatic heterocycles. The maximum Gasteiger partial charge on any atom is 0.120 e. The zero-order valence-electron chi connectivity index (χ0n) is 11.6. The molecule has 1 saturated carbocycles. The molecule has 18 heavy (non-hydrogen) atoms. The Balaban J connectivity index is 2.07. The summed E-state index contributed by atoms with van der Waals surface area (Å²) >= 11 is 0. The molecule has 1 aromatic rings. The predicted molar refractivity (Wildman–Crippen MR) is 74.0 cm³/mol. The van der Waals surface area contributed by atoms with Crippen molar-refractivity contribution < 1.29 is 9.84 Å². The Morgan fingerprint density at radius 3 is 2.22 bits per heavy atom. The Labute approximate surface area is 110 Å². The van der Waals surface area contributed by atoms with Crippen LogP contribution in [0.2, 0.25) is 0 Å². The van der Waals surface area contributed by atoms with Gasteiger partial charge in [0.15, 0.2) is 0 Å². The van der Waals surface area contributed by atoms with E-state index in [0.717, 1.165) is 25.0 Å². The molecule has 2 rings (SSSR count). The van der Waals surface area contributed by atoms with E-state index in [9.17, 15) is 5.11 Å². The van der Waals surface area contributed by atoms with Gasteiger partial charge in [-0.15, -0.1) is 0 Å². The lowest BCUT2D eigenvalue weighted by Crippen LogP contribution is -2.23. The van der Waals surface area contributed by atoms with Gasteiger partial charge in [-0.3, -0.25) is 0 Å². The number of hydrogen-bond donors (Lipinski definition) is 1. The lowest BCUT2D eigenvalue weighted by molar-refractivity contribution is 0.106. The van der Waals surface area contributed by atoms with Crippen LogP contribution in [0.1, 0.15) is 57.9 Å². The van der Waals surface area contributed by atoms with Crippen molar-refractivity contribution in [1.29, 1.82) is 0 Å². The molecule has 1 fully saturated rings. The van der Waals surface area contributed by atoms with Gasteiger partial charge in [-0.05, 0) is 51.3 Å². The Bertz CT molecular complexity index is 375. The van der Waals surface area contributed by atoms with Crippen LogP contribution < -0.4 is 4.74 Å². The topological polar surface area (TPSA) is 29.5 Å². The second-order valence-electron chi connectivity index (χ2n) is 6.24. The standard InChI is InChI=1S/C16H24O2/c1-16(2,3)18-13-10-8-12(9-11-13)14-6-4-5-7-15(14)17/h8-11,14-15,17H,4-7H2,1-3H3/t14-,15+/m0/s1. The largest absolute Gasteiger partial charge is 0.488 e. The highest BCUT2D eigenvalue weighted by molar-refractivity contribution is 5.30. The van der Waals surface area contributed by atoms with Gasteiger partial charge in [-0.25, -0.2) is 0 Å². The summed E-state index contributed by atoms with van der Waals surface area (Å²) in [6.07, 6.45) is 4.24. The van der Waals surface area contributed by atoms with Crippen molar-refractivity contribution >= 4 is 0 Å². The summed E-state index contributed by atoms with van der Waals surface area (Å²) in [5, 5.41) is 10.0. The van der Waals surface area contributed by atoms with Gasteiger partial charge in [-0.1, -0.05) is 25.0 Å². The maximum absolute atomic E-state index is 10.0. The highest BCUT2D eigenvalue weighted by Gasteiger charge is 2.24. The number of benzene rings is 1. The highest BCUT2D eigenvalue weighted by Crippen LogP contribution is 2.34. The molecule has 0 heterocycles. The molecule has 1 aliphatic rings. The van der Waals surface area contributed by atoms with Crippen LogP contribution in [0.3, 0.4) is 0 Å². The average Bonchev–Trinajstić information content (AvgIpc) is 2.29. The summed E-state index contributed by atoms with van der Waals surface area (Å²) in [7, 11) is 0. The minimum Gasteiger partial charge on any atom is -0.488 e. The fourth-order valence-corrected chi connectivity index (χ4v) is 2.64. The lowest BCUT2D eigenvalue weighted by Gasteiger charge is -2.28. The molecule has 0 spiro atoms. The number of rotatable bonds is 2. The smallest absolute Gasteiger partial charge is 0.120 e. The lowest BCUT2D eigenvalue weighted by atomic mass is 9.82. The number of hydrogen-bond acceptors (Lipinski definition) is 2. The molecule has 0 bridgehead atoms. The van der Waals surface area contributed by atoms with Crippen molar-refractivity contribution in [2.75, 3.05) is 0 Å². The van der Waals surface area contributed by atoms with Crippen LogP contribution >= 0.6 is 0 Å². The third kappa shape index (κ3) is 3.49. The molecule has 2 nitrogen and oxygen atoms in total. The van der Waals surface area contributed by atoms with Crippen LogP contribution in [0.5, 0.6) is 5.75 Å². The normalized spacial score (nSPS) is 24.9. The number of aliphatic hydroxyl groups excluding tert-OH is 1. The van der Waals surface area contributed by atoms with E-state index in [2.05, 4.69) is 12.1 Å². The first kappa shape index (κ1) is 13.4. The van der Waals surface area contributed by atoms with Gasteiger partial charge < -0.3 is 9.84 Å². The van der Waals surface area contributed by atoms with Gasteiger partial charge in [0, 0.05) is 5.92 Å². The summed E-state index contributed by atoms with van der Waals surface area (Å²) in [4.78, 5) is 0. The molecule has 0 unspecified atom stereocenters. The first-order chi connectivity index (χ1) is 8.46. The zero-order chi connectivity index (χ0) is 13.2. The number of ether oxygens (including phenoxy) is 1. The maximum atomic E-state index is 10.0. The molecule has 1 aromatic carbocycles. The van der Waals surface area contributed by atoms with E-state index in [0.29, 0.717) is 5.92 Å². The van der Waals surface area contributed by atoms with Crippen molar-refractivity contribution in [3.05, 3.63) is 29.8 Å². The first-order valence-electron chi connectivity index (χ1n) is 6.93. The van der Waals surface area contributed by atoms with Crippen molar-refractivity contribution in [3.63, 3.8) is 0 Å². The monoisotopic (exact) mass is 248 g/mol. The molecular weight excluding hydrogens is 224 g/mol. The summed E-state index contributed by atoms with van der Waals surface area (Å²) < 4.78 is 5.81. The Morgan fingerprint density at radius 1 is 1.06 bits per heavy atom. The van der Waals surface area contributed by atoms with Crippen molar-refractivity contribution in [2.24, 2.45) is 0 Å². The molecule has 1 aliphatic carbocycles. The fraction of sp³-hybridized carbons (Fsp3) is 0.625. The van der Waals surface area contributed by atoms with E-state index in [1.807, 2.05) is 32.9 Å². The van der Waals surface area contributed by atoms with Gasteiger partial charge in [0.05, 0.1) is 6.10 Å². The Kier molecular flexibility index (Phi) is 3.96. The summed E-state index contributed by atoms with van der Waals surface area (Å²) in [5.41, 5.74) is 1.08. The molecule has 1 N–H and O–H groups in total. The minimum atomic E-state index is -0.173. The van der Waals surface area contributed by atoms with E-state index >= 15 is 0 Å². The van der Waals surface area contributed by atoms with Crippen molar-refractivity contribution in [1.82, 2.24) is 0 Å². The van der Waals surface area contributed by atoms with Crippen LogP contribution in [0, 0.1) is 0 Å². The molecule has 0 saturated heterocycles. The Morgan fingerprint density at radius 2 is 1.67 bits per heavy atom. The van der Waals surface area contributed by atoms with Crippen molar-refractivity contribution in [3.8, 4) is 5.75 Å². The molecule has 0 amide bonds. The van der Waals surface area contributed by atoms with Gasteiger partial charge in [0.1, 0.15) is 11.4 Å². The molecule has 0 aliphatic heterocycles. The Hall–Kier alpha value is -1.02. The molecule has 100 valence electrons. The molecule has 0 radical (unpaired) electrons. The van der Waals surface area contributed by atoms with E-state index in [1.165, 1.54) is 12.0 Å². The predicted octanol–water partition coefficient (Wildman–Crippen LogP) is 3.88. The van der Waals surface area contributed by atoms with E-state index < -0.39 is 0 Å². The summed E-state index contributed by atoms with van der Waals surface area (Å²) in [6, 6.07) is 8.23. The second kappa shape index (κ2) is 5.31. The summed E-state index contributed by atoms with van der Waals surface area (Å²) in [6.45, 7) is 6.14. The van der Waals surface area contributed by atoms with Gasteiger partial charge >= 0.3 is 0 Å². The SMILES string of the molecule is CC(C)(C)Oc1ccc([C@@H]2CCCC[C@H]2O)cc1. The quantitative estimate of drug-likeness (QED) is 0.860. The molecular formula is C16H24O2. The molecule has 2 atom stereocenters. The highest BCUT2D eigenvalue weighted by atomic mass is 16.5. The van der Waals surface area contributed by atoms with Crippen LogP contribution in [-0.2, 0) is 0 Å². The zero-order valence-corrected chi connectivity index (χ0v) is 11.6. The fourth-order valence-electron chi connectivity index (χ4n) is 2.64. The summed E-state index contributed by atoms with van der Waals surface area (Å²) in [5.74, 6) is 1.21. The first-order valence-corrected chi connectivity index (χ1v) is 6.93. The van der Waals surface area contributed by atoms with Gasteiger partial charge in [-0.2, -0.15) is 0 Å². The van der Waals surface area contributed by atoms with E-state index in [4.69, 9.17) is 4.74 Å². The average molecular weight is 248 g/mol. The van der Waals surface area contributed by atoms with Crippen molar-refractivity contribution in [2.45, 2.75) is 64.1 Å². The van der Waals surface area contributed by atoms with E-state index in [-0.39, 0.29) is 11.7 Å². The second-order valence-corrected chi connectivity index (χ2v) is 6.24. The van der Waals surface area contributed by atoms with Crippen LogP contribution in [0.15, 0.2) is 24.3 Å². The van der Waals surface area contributed by atoms with Crippen LogP contribution in [0.4, 0.5) is 0 Å². The van der Waals surface area contributed by atoms with Gasteiger partial charge in [0.25, 0.3) is 0 Å². The third-order valence-corrected chi connectivity index (χ3v) is 3.46. The van der Waals surface area contributed by atoms with Gasteiger partial charge in [0.2, 0.25) is 0 Å². The van der Waals surface area contributed by atoms with E-state index in [1.54, 1.807) is 0 Å². The molecule has 2 heteroatoms. The minimum absolute atomic E-state index is 0.161. The van der Waals surface area contributed by atoms with Crippen LogP contribution in [-0.4, -0.2) is 16.8 Å². The number of aliphatic hydroxyl groups is 1.